The standard InChI is InChI=1S/C4H8ClN/c1-4(2)3(5)6-4/h3,6H,1-2H3. The van der Waals surface area contributed by atoms with E-state index in [1.54, 1.807) is 0 Å². The van der Waals surface area contributed by atoms with Crippen LogP contribution >= 0.6 is 11.6 Å². The van der Waals surface area contributed by atoms with Crippen LogP contribution in [0.25, 0.3) is 0 Å². The molecule has 0 aromatic carbocycles. The van der Waals surface area contributed by atoms with E-state index in [0.29, 0.717) is 0 Å². The van der Waals surface area contributed by atoms with Gasteiger partial charge < -0.3 is 0 Å². The first kappa shape index (κ1) is 4.41. The Kier molecular flexibility index (Phi) is 0.663. The van der Waals surface area contributed by atoms with Gasteiger partial charge in [-0.05, 0) is 13.8 Å². The highest BCUT2D eigenvalue weighted by molar-refractivity contribution is 6.23. The van der Waals surface area contributed by atoms with E-state index >= 15 is 0 Å². The van der Waals surface area contributed by atoms with Crippen LogP contribution in [0, 0.1) is 0 Å². The summed E-state index contributed by atoms with van der Waals surface area (Å²) in [6.45, 7) is 4.15. The van der Waals surface area contributed by atoms with Crippen molar-refractivity contribution in [2.24, 2.45) is 0 Å². The molecule has 0 amide bonds. The van der Waals surface area contributed by atoms with Gasteiger partial charge >= 0.3 is 0 Å². The molecular formula is C4H8ClN. The van der Waals surface area contributed by atoms with Gasteiger partial charge in [-0.2, -0.15) is 0 Å². The summed E-state index contributed by atoms with van der Waals surface area (Å²) in [5.74, 6) is 0. The molecule has 1 saturated heterocycles. The van der Waals surface area contributed by atoms with Crippen molar-refractivity contribution >= 4 is 11.6 Å². The molecule has 6 heavy (non-hydrogen) atoms. The van der Waals surface area contributed by atoms with Crippen LogP contribution in [0.1, 0.15) is 13.8 Å². The smallest absolute Gasteiger partial charge is 0.101 e. The van der Waals surface area contributed by atoms with Crippen LogP contribution in [0.5, 0.6) is 0 Å². The predicted molar refractivity (Wildman–Crippen MR) is 26.9 cm³/mol. The Morgan fingerprint density at radius 3 is 1.83 bits per heavy atom. The second-order valence-corrected chi connectivity index (χ2v) is 2.67. The minimum absolute atomic E-state index is 0.220. The molecule has 2 heteroatoms. The fourth-order valence-corrected chi connectivity index (χ4v) is 0.566. The zero-order valence-electron chi connectivity index (χ0n) is 3.96. The van der Waals surface area contributed by atoms with E-state index in [-0.39, 0.29) is 11.0 Å². The summed E-state index contributed by atoms with van der Waals surface area (Å²) in [5.41, 5.74) is 0.444. The molecular weight excluding hydrogens is 97.5 g/mol. The molecule has 36 valence electrons. The summed E-state index contributed by atoms with van der Waals surface area (Å²) in [6, 6.07) is 0. The van der Waals surface area contributed by atoms with Crippen molar-refractivity contribution in [3.63, 3.8) is 0 Å². The zero-order chi connectivity index (χ0) is 4.78. The summed E-state index contributed by atoms with van der Waals surface area (Å²) in [6.07, 6.45) is 0. The van der Waals surface area contributed by atoms with Crippen molar-refractivity contribution in [1.29, 1.82) is 0 Å². The monoisotopic (exact) mass is 105 g/mol. The molecule has 1 unspecified atom stereocenters. The average Bonchev–Trinajstić information content (AvgIpc) is 1.73. The first-order valence-electron chi connectivity index (χ1n) is 2.05. The molecule has 1 nitrogen and oxygen atoms in total. The van der Waals surface area contributed by atoms with Gasteiger partial charge in [-0.1, -0.05) is 0 Å². The minimum Gasteiger partial charge on any atom is -0.292 e. The highest BCUT2D eigenvalue weighted by atomic mass is 35.5. The molecule has 1 atom stereocenters. The van der Waals surface area contributed by atoms with E-state index in [2.05, 4.69) is 19.2 Å². The van der Waals surface area contributed by atoms with Gasteiger partial charge in [0.2, 0.25) is 0 Å². The first-order chi connectivity index (χ1) is 2.63. The van der Waals surface area contributed by atoms with Crippen LogP contribution in [0.4, 0.5) is 0 Å². The van der Waals surface area contributed by atoms with E-state index in [9.17, 15) is 0 Å². The van der Waals surface area contributed by atoms with Crippen LogP contribution in [0.15, 0.2) is 0 Å². The van der Waals surface area contributed by atoms with Gasteiger partial charge in [0, 0.05) is 5.54 Å². The van der Waals surface area contributed by atoms with Gasteiger partial charge in [0.15, 0.2) is 0 Å². The van der Waals surface area contributed by atoms with Crippen LogP contribution in [0.3, 0.4) is 0 Å². The van der Waals surface area contributed by atoms with Crippen molar-refractivity contribution in [2.75, 3.05) is 0 Å². The maximum absolute atomic E-state index is 5.57. The highest BCUT2D eigenvalue weighted by Gasteiger charge is 2.43. The lowest BCUT2D eigenvalue weighted by Crippen LogP contribution is -1.99. The maximum atomic E-state index is 5.57. The molecule has 0 radical (unpaired) electrons. The third-order valence-corrected chi connectivity index (χ3v) is 1.70. The largest absolute Gasteiger partial charge is 0.292 e. The molecule has 1 aliphatic heterocycles. The Bertz CT molecular complexity index is 69.9. The van der Waals surface area contributed by atoms with Crippen molar-refractivity contribution in [3.05, 3.63) is 0 Å². The summed E-state index contributed by atoms with van der Waals surface area (Å²) < 4.78 is 0. The Balaban J connectivity index is 2.41. The molecule has 0 bridgehead atoms. The average molecular weight is 106 g/mol. The lowest BCUT2D eigenvalue weighted by Gasteiger charge is -1.86. The van der Waals surface area contributed by atoms with Crippen molar-refractivity contribution in [2.45, 2.75) is 24.9 Å². The summed E-state index contributed by atoms with van der Waals surface area (Å²) in [5, 5.41) is 3.04. The number of rotatable bonds is 0. The van der Waals surface area contributed by atoms with Crippen molar-refractivity contribution < 1.29 is 0 Å². The van der Waals surface area contributed by atoms with Crippen molar-refractivity contribution in [3.8, 4) is 0 Å². The van der Waals surface area contributed by atoms with Gasteiger partial charge in [-0.3, -0.25) is 5.32 Å². The topological polar surface area (TPSA) is 21.9 Å². The lowest BCUT2D eigenvalue weighted by molar-refractivity contribution is 0.779. The normalized spacial score (nSPS) is 39.5. The van der Waals surface area contributed by atoms with Gasteiger partial charge in [-0.25, -0.2) is 0 Å². The van der Waals surface area contributed by atoms with Gasteiger partial charge in [0.1, 0.15) is 5.50 Å². The van der Waals surface area contributed by atoms with Crippen molar-refractivity contribution in [1.82, 2.24) is 5.32 Å². The summed E-state index contributed by atoms with van der Waals surface area (Å²) in [4.78, 5) is 0. The number of nitrogens with one attached hydrogen (secondary N) is 1. The highest BCUT2D eigenvalue weighted by Crippen LogP contribution is 2.27. The third kappa shape index (κ3) is 0.525. The van der Waals surface area contributed by atoms with Gasteiger partial charge in [0.05, 0.1) is 0 Å². The van der Waals surface area contributed by atoms with Gasteiger partial charge in [0.25, 0.3) is 0 Å². The molecule has 0 spiro atoms. The SMILES string of the molecule is CC1(C)NC1Cl. The second-order valence-electron chi connectivity index (χ2n) is 2.23. The molecule has 0 aromatic heterocycles. The van der Waals surface area contributed by atoms with Crippen LogP contribution in [0.2, 0.25) is 0 Å². The fraction of sp³-hybridized carbons (Fsp3) is 1.00. The Morgan fingerprint density at radius 2 is 1.83 bits per heavy atom. The lowest BCUT2D eigenvalue weighted by atomic mass is 10.2. The molecule has 0 aliphatic carbocycles. The Labute approximate surface area is 42.7 Å². The van der Waals surface area contributed by atoms with E-state index in [4.69, 9.17) is 11.6 Å². The third-order valence-electron chi connectivity index (χ3n) is 1.05. The quantitative estimate of drug-likeness (QED) is 0.276. The fourth-order valence-electron chi connectivity index (χ4n) is 0.285. The Hall–Kier alpha value is 0.250. The maximum Gasteiger partial charge on any atom is 0.101 e. The number of alkyl halides is 1. The second kappa shape index (κ2) is 0.903. The predicted octanol–water partition coefficient (Wildman–Crippen LogP) is 0.933. The summed E-state index contributed by atoms with van der Waals surface area (Å²) >= 11 is 5.57. The molecule has 1 fully saturated rings. The van der Waals surface area contributed by atoms with E-state index in [1.807, 2.05) is 0 Å². The molecule has 1 heterocycles. The number of hydrogen-bond donors (Lipinski definition) is 1. The van der Waals surface area contributed by atoms with Crippen LogP contribution < -0.4 is 5.32 Å². The van der Waals surface area contributed by atoms with Gasteiger partial charge in [-0.15, -0.1) is 11.6 Å². The first-order valence-corrected chi connectivity index (χ1v) is 2.48. The van der Waals surface area contributed by atoms with Crippen LogP contribution in [-0.4, -0.2) is 11.0 Å². The zero-order valence-corrected chi connectivity index (χ0v) is 4.71. The van der Waals surface area contributed by atoms with Crippen LogP contribution in [-0.2, 0) is 0 Å². The van der Waals surface area contributed by atoms with E-state index in [1.165, 1.54) is 0 Å². The Morgan fingerprint density at radius 1 is 1.67 bits per heavy atom. The minimum atomic E-state index is 0.220. The molecule has 0 saturated carbocycles. The molecule has 1 rings (SSSR count). The summed E-state index contributed by atoms with van der Waals surface area (Å²) in [7, 11) is 0. The number of hydrogen-bond acceptors (Lipinski definition) is 1. The molecule has 1 N–H and O–H groups in total. The molecule has 1 aliphatic rings. The number of halogens is 1. The molecule has 0 aromatic rings. The van der Waals surface area contributed by atoms with E-state index < -0.39 is 0 Å². The van der Waals surface area contributed by atoms with E-state index in [0.717, 1.165) is 0 Å².